The van der Waals surface area contributed by atoms with E-state index in [9.17, 15) is 14.4 Å². The molecule has 0 aliphatic carbocycles. The number of carbonyl (C=O) groups is 3. The number of methoxy groups -OCH3 is 1. The van der Waals surface area contributed by atoms with Crippen LogP contribution in [0.15, 0.2) is 52.9 Å². The lowest BCUT2D eigenvalue weighted by Crippen LogP contribution is -2.35. The molecule has 2 N–H and O–H groups in total. The van der Waals surface area contributed by atoms with Crippen molar-refractivity contribution < 1.29 is 28.3 Å². The third kappa shape index (κ3) is 5.72. The molecule has 2 aromatic carbocycles. The number of nitrogens with zero attached hydrogens (tertiary/aromatic N) is 1. The van der Waals surface area contributed by atoms with Crippen molar-refractivity contribution in [1.29, 1.82) is 0 Å². The van der Waals surface area contributed by atoms with E-state index in [1.165, 1.54) is 7.11 Å². The van der Waals surface area contributed by atoms with Crippen LogP contribution in [0.1, 0.15) is 21.8 Å². The van der Waals surface area contributed by atoms with Gasteiger partial charge in [-0.3, -0.25) is 9.59 Å². The zero-order valence-corrected chi connectivity index (χ0v) is 17.9. The molecule has 0 radical (unpaired) electrons. The number of hydrogen-bond acceptors (Lipinski definition) is 7. The van der Waals surface area contributed by atoms with Crippen LogP contribution in [0.4, 0.5) is 5.69 Å². The van der Waals surface area contributed by atoms with E-state index < -0.39 is 24.4 Å². The van der Waals surface area contributed by atoms with Crippen LogP contribution in [0.5, 0.6) is 5.75 Å². The molecule has 1 aromatic heterocycles. The third-order valence-electron chi connectivity index (χ3n) is 4.42. The number of benzene rings is 2. The summed E-state index contributed by atoms with van der Waals surface area (Å²) in [4.78, 5) is 40.5. The first-order chi connectivity index (χ1) is 15.4. The van der Waals surface area contributed by atoms with Gasteiger partial charge in [0.25, 0.3) is 5.91 Å². The van der Waals surface area contributed by atoms with Gasteiger partial charge in [-0.1, -0.05) is 24.3 Å². The lowest BCUT2D eigenvalue weighted by atomic mass is 10.2. The lowest BCUT2D eigenvalue weighted by Gasteiger charge is -2.11. The zero-order valence-electron chi connectivity index (χ0n) is 17.9. The predicted molar refractivity (Wildman–Crippen MR) is 116 cm³/mol. The van der Waals surface area contributed by atoms with Gasteiger partial charge in [-0.2, -0.15) is 0 Å². The summed E-state index contributed by atoms with van der Waals surface area (Å²) in [5, 5.41) is 5.06. The molecule has 2 amide bonds. The second kappa shape index (κ2) is 10.3. The van der Waals surface area contributed by atoms with Gasteiger partial charge in [0.05, 0.1) is 19.3 Å². The highest BCUT2D eigenvalue weighted by Gasteiger charge is 2.20. The molecule has 0 fully saturated rings. The van der Waals surface area contributed by atoms with Gasteiger partial charge in [-0.15, -0.1) is 0 Å². The molecular formula is C23H23N3O6. The highest BCUT2D eigenvalue weighted by atomic mass is 16.5. The third-order valence-corrected chi connectivity index (χ3v) is 4.42. The molecule has 0 atom stereocenters. The van der Waals surface area contributed by atoms with Crippen molar-refractivity contribution in [3.05, 3.63) is 65.5 Å². The first-order valence-electron chi connectivity index (χ1n) is 9.78. The Morgan fingerprint density at radius 1 is 1.03 bits per heavy atom. The Hall–Kier alpha value is -4.14. The van der Waals surface area contributed by atoms with Crippen molar-refractivity contribution >= 4 is 23.5 Å². The molecule has 166 valence electrons. The fourth-order valence-electron chi connectivity index (χ4n) is 2.83. The van der Waals surface area contributed by atoms with Crippen LogP contribution in [0.2, 0.25) is 0 Å². The van der Waals surface area contributed by atoms with Gasteiger partial charge in [0.2, 0.25) is 11.8 Å². The molecule has 1 heterocycles. The fourth-order valence-corrected chi connectivity index (χ4v) is 2.83. The van der Waals surface area contributed by atoms with E-state index in [4.69, 9.17) is 13.9 Å². The maximum Gasteiger partial charge on any atom is 0.361 e. The molecule has 0 spiro atoms. The molecule has 0 saturated carbocycles. The summed E-state index contributed by atoms with van der Waals surface area (Å²) in [6, 6.07) is 14.4. The first kappa shape index (κ1) is 22.5. The Labute approximate surface area is 184 Å². The maximum atomic E-state index is 12.3. The molecule has 0 bridgehead atoms. The Morgan fingerprint density at radius 3 is 2.50 bits per heavy atom. The quantitative estimate of drug-likeness (QED) is 0.520. The van der Waals surface area contributed by atoms with Crippen molar-refractivity contribution in [3.8, 4) is 17.2 Å². The Kier molecular flexibility index (Phi) is 7.22. The van der Waals surface area contributed by atoms with Crippen molar-refractivity contribution in [3.63, 3.8) is 0 Å². The van der Waals surface area contributed by atoms with E-state index in [0.29, 0.717) is 17.0 Å². The summed E-state index contributed by atoms with van der Waals surface area (Å²) in [5.74, 6) is -0.814. The second-order valence-electron chi connectivity index (χ2n) is 6.89. The largest absolute Gasteiger partial charge is 0.495 e. The van der Waals surface area contributed by atoms with Crippen LogP contribution in [-0.4, -0.2) is 43.0 Å². The van der Waals surface area contributed by atoms with Crippen LogP contribution >= 0.6 is 0 Å². The smallest absolute Gasteiger partial charge is 0.361 e. The van der Waals surface area contributed by atoms with Crippen molar-refractivity contribution in [2.75, 3.05) is 25.6 Å². The minimum absolute atomic E-state index is 0.0130. The van der Waals surface area contributed by atoms with Crippen molar-refractivity contribution in [1.82, 2.24) is 10.3 Å². The average Bonchev–Trinajstić information content (AvgIpc) is 3.18. The van der Waals surface area contributed by atoms with Gasteiger partial charge < -0.3 is 24.5 Å². The number of esters is 1. The van der Waals surface area contributed by atoms with Crippen LogP contribution in [0, 0.1) is 13.8 Å². The molecule has 0 aliphatic heterocycles. The minimum atomic E-state index is -0.794. The first-order valence-corrected chi connectivity index (χ1v) is 9.78. The Bertz CT molecular complexity index is 1120. The predicted octanol–water partition coefficient (Wildman–Crippen LogP) is 2.88. The summed E-state index contributed by atoms with van der Waals surface area (Å²) < 4.78 is 15.7. The van der Waals surface area contributed by atoms with Crippen LogP contribution in [0.25, 0.3) is 11.5 Å². The number of hydrogen-bond donors (Lipinski definition) is 2. The molecule has 3 aromatic rings. The SMILES string of the molecule is COc1ccc(C)cc1NC(=O)CNC(=O)COC(=O)c1nc(-c2ccccc2)oc1C. The van der Waals surface area contributed by atoms with Gasteiger partial charge in [0, 0.05) is 5.56 Å². The topological polar surface area (TPSA) is 120 Å². The van der Waals surface area contributed by atoms with Crippen molar-refractivity contribution in [2.24, 2.45) is 0 Å². The van der Waals surface area contributed by atoms with Crippen LogP contribution in [-0.2, 0) is 14.3 Å². The maximum absolute atomic E-state index is 12.3. The van der Waals surface area contributed by atoms with E-state index in [-0.39, 0.29) is 23.9 Å². The fraction of sp³-hybridized carbons (Fsp3) is 0.217. The lowest BCUT2D eigenvalue weighted by molar-refractivity contribution is -0.126. The molecular weight excluding hydrogens is 414 g/mol. The molecule has 3 rings (SSSR count). The number of amides is 2. The van der Waals surface area contributed by atoms with Gasteiger partial charge >= 0.3 is 5.97 Å². The average molecular weight is 437 g/mol. The van der Waals surface area contributed by atoms with Gasteiger partial charge in [0.15, 0.2) is 12.3 Å². The van der Waals surface area contributed by atoms with E-state index in [0.717, 1.165) is 5.56 Å². The molecule has 32 heavy (non-hydrogen) atoms. The van der Waals surface area contributed by atoms with E-state index in [1.807, 2.05) is 31.2 Å². The summed E-state index contributed by atoms with van der Waals surface area (Å²) in [6.45, 7) is 2.60. The van der Waals surface area contributed by atoms with Gasteiger partial charge in [-0.05, 0) is 43.7 Å². The Morgan fingerprint density at radius 2 is 1.78 bits per heavy atom. The number of carbonyl (C=O) groups excluding carboxylic acids is 3. The summed E-state index contributed by atoms with van der Waals surface area (Å²) in [6.07, 6.45) is 0. The summed E-state index contributed by atoms with van der Waals surface area (Å²) in [5.41, 5.74) is 2.13. The van der Waals surface area contributed by atoms with Crippen LogP contribution < -0.4 is 15.4 Å². The molecule has 9 heteroatoms. The minimum Gasteiger partial charge on any atom is -0.495 e. The number of ether oxygens (including phenoxy) is 2. The normalized spacial score (nSPS) is 10.3. The highest BCUT2D eigenvalue weighted by molar-refractivity contribution is 5.96. The summed E-state index contributed by atoms with van der Waals surface area (Å²) >= 11 is 0. The second-order valence-corrected chi connectivity index (χ2v) is 6.89. The summed E-state index contributed by atoms with van der Waals surface area (Å²) in [7, 11) is 1.50. The molecule has 9 nitrogen and oxygen atoms in total. The van der Waals surface area contributed by atoms with E-state index >= 15 is 0 Å². The van der Waals surface area contributed by atoms with E-state index in [1.54, 1.807) is 31.2 Å². The van der Waals surface area contributed by atoms with E-state index in [2.05, 4.69) is 15.6 Å². The Balaban J connectivity index is 1.49. The van der Waals surface area contributed by atoms with Gasteiger partial charge in [0.1, 0.15) is 11.5 Å². The standard InChI is InChI=1S/C23H23N3O6/c1-14-9-10-18(30-3)17(11-14)25-19(27)12-24-20(28)13-31-23(29)21-15(2)32-22(26-21)16-7-5-4-6-8-16/h4-11H,12-13H2,1-3H3,(H,24,28)(H,25,27). The molecule has 0 aliphatic rings. The molecule has 0 saturated heterocycles. The van der Waals surface area contributed by atoms with Crippen molar-refractivity contribution in [2.45, 2.75) is 13.8 Å². The number of oxazole rings is 1. The number of anilines is 1. The van der Waals surface area contributed by atoms with Gasteiger partial charge in [-0.25, -0.2) is 9.78 Å². The molecule has 0 unspecified atom stereocenters. The number of aryl methyl sites for hydroxylation is 2. The number of nitrogens with one attached hydrogen (secondary N) is 2. The van der Waals surface area contributed by atoms with Crippen LogP contribution in [0.3, 0.4) is 0 Å². The number of rotatable bonds is 8. The monoisotopic (exact) mass is 437 g/mol. The highest BCUT2D eigenvalue weighted by Crippen LogP contribution is 2.25. The zero-order chi connectivity index (χ0) is 23.1. The number of aromatic nitrogens is 1.